The summed E-state index contributed by atoms with van der Waals surface area (Å²) in [6.07, 6.45) is 4.88. The second-order valence-corrected chi connectivity index (χ2v) is 5.40. The zero-order valence-corrected chi connectivity index (χ0v) is 12.2. The predicted octanol–water partition coefficient (Wildman–Crippen LogP) is 2.80. The number of unbranched alkanes of at least 4 members (excludes halogenated alkanes) is 2. The topological polar surface area (TPSA) is 24.1 Å². The maximum absolute atomic E-state index is 3.54. The molecule has 0 saturated carbocycles. The molecule has 0 atom stereocenters. The van der Waals surface area contributed by atoms with Crippen LogP contribution in [0.2, 0.25) is 0 Å². The molecular formula is C15H30N2. The molecule has 0 saturated heterocycles. The van der Waals surface area contributed by atoms with E-state index < -0.39 is 0 Å². The Morgan fingerprint density at radius 1 is 1.00 bits per heavy atom. The average molecular weight is 238 g/mol. The molecule has 0 aliphatic rings. The first-order valence-corrected chi connectivity index (χ1v) is 6.93. The molecule has 0 radical (unpaired) electrons. The van der Waals surface area contributed by atoms with E-state index in [-0.39, 0.29) is 0 Å². The summed E-state index contributed by atoms with van der Waals surface area (Å²) in [6, 6.07) is 0. The minimum Gasteiger partial charge on any atom is -0.316 e. The van der Waals surface area contributed by atoms with Crippen LogP contribution in [0.5, 0.6) is 0 Å². The summed E-state index contributed by atoms with van der Waals surface area (Å²) in [5.41, 5.74) is 0.325. The zero-order chi connectivity index (χ0) is 13.0. The molecule has 0 spiro atoms. The summed E-state index contributed by atoms with van der Waals surface area (Å²) < 4.78 is 0. The SMILES string of the molecule is CC#CCCNCC(C)(C)CNCCCCC. The van der Waals surface area contributed by atoms with Crippen LogP contribution in [0.25, 0.3) is 0 Å². The molecule has 0 unspecified atom stereocenters. The third-order valence-corrected chi connectivity index (χ3v) is 2.77. The standard InChI is InChI=1S/C15H30N2/c1-5-7-9-11-16-13-15(3,4)14-17-12-10-8-6-2/h16-17H,5,7,9-14H2,1-4H3. The number of hydrogen-bond donors (Lipinski definition) is 2. The highest BCUT2D eigenvalue weighted by atomic mass is 14.9. The quantitative estimate of drug-likeness (QED) is 0.452. The Morgan fingerprint density at radius 2 is 1.65 bits per heavy atom. The van der Waals surface area contributed by atoms with Crippen molar-refractivity contribution in [2.75, 3.05) is 26.2 Å². The Balaban J connectivity index is 3.46. The van der Waals surface area contributed by atoms with Gasteiger partial charge in [0.2, 0.25) is 0 Å². The minimum atomic E-state index is 0.325. The fraction of sp³-hybridized carbons (Fsp3) is 0.867. The van der Waals surface area contributed by atoms with Gasteiger partial charge in [-0.05, 0) is 25.3 Å². The van der Waals surface area contributed by atoms with E-state index in [1.165, 1.54) is 19.3 Å². The average Bonchev–Trinajstić information content (AvgIpc) is 2.28. The summed E-state index contributed by atoms with van der Waals surface area (Å²) in [5.74, 6) is 5.99. The number of rotatable bonds is 10. The van der Waals surface area contributed by atoms with Crippen molar-refractivity contribution in [2.24, 2.45) is 5.41 Å². The highest BCUT2D eigenvalue weighted by Crippen LogP contribution is 2.11. The van der Waals surface area contributed by atoms with Crippen LogP contribution in [0.4, 0.5) is 0 Å². The first-order valence-electron chi connectivity index (χ1n) is 6.93. The predicted molar refractivity (Wildman–Crippen MR) is 77.1 cm³/mol. The Hall–Kier alpha value is -0.520. The molecule has 0 rings (SSSR count). The van der Waals surface area contributed by atoms with Gasteiger partial charge in [-0.3, -0.25) is 0 Å². The van der Waals surface area contributed by atoms with Crippen LogP contribution in [-0.4, -0.2) is 26.2 Å². The van der Waals surface area contributed by atoms with Crippen molar-refractivity contribution < 1.29 is 0 Å². The molecule has 0 amide bonds. The minimum absolute atomic E-state index is 0.325. The van der Waals surface area contributed by atoms with E-state index in [1.54, 1.807) is 0 Å². The molecular weight excluding hydrogens is 208 g/mol. The van der Waals surface area contributed by atoms with Gasteiger partial charge in [0.05, 0.1) is 0 Å². The largest absolute Gasteiger partial charge is 0.316 e. The van der Waals surface area contributed by atoms with E-state index in [9.17, 15) is 0 Å². The molecule has 2 heteroatoms. The van der Waals surface area contributed by atoms with Crippen LogP contribution < -0.4 is 10.6 Å². The van der Waals surface area contributed by atoms with Crippen LogP contribution in [0.3, 0.4) is 0 Å². The van der Waals surface area contributed by atoms with Crippen molar-refractivity contribution in [1.29, 1.82) is 0 Å². The molecule has 100 valence electrons. The van der Waals surface area contributed by atoms with Gasteiger partial charge in [-0.1, -0.05) is 33.6 Å². The van der Waals surface area contributed by atoms with E-state index >= 15 is 0 Å². The fourth-order valence-electron chi connectivity index (χ4n) is 1.69. The van der Waals surface area contributed by atoms with Gasteiger partial charge in [0.25, 0.3) is 0 Å². The zero-order valence-electron chi connectivity index (χ0n) is 12.2. The van der Waals surface area contributed by atoms with Gasteiger partial charge >= 0.3 is 0 Å². The summed E-state index contributed by atoms with van der Waals surface area (Å²) >= 11 is 0. The van der Waals surface area contributed by atoms with Crippen LogP contribution in [-0.2, 0) is 0 Å². The third kappa shape index (κ3) is 11.7. The molecule has 2 nitrogen and oxygen atoms in total. The Bertz CT molecular complexity index is 223. The van der Waals surface area contributed by atoms with Gasteiger partial charge in [0.1, 0.15) is 0 Å². The monoisotopic (exact) mass is 238 g/mol. The highest BCUT2D eigenvalue weighted by Gasteiger charge is 2.16. The lowest BCUT2D eigenvalue weighted by atomic mass is 9.93. The molecule has 0 aromatic heterocycles. The van der Waals surface area contributed by atoms with Gasteiger partial charge in [-0.25, -0.2) is 0 Å². The summed E-state index contributed by atoms with van der Waals surface area (Å²) in [6.45, 7) is 13.0. The van der Waals surface area contributed by atoms with E-state index in [2.05, 4.69) is 43.2 Å². The van der Waals surface area contributed by atoms with Gasteiger partial charge < -0.3 is 10.6 Å². The Labute approximate surface area is 108 Å². The number of nitrogens with one attached hydrogen (secondary N) is 2. The molecule has 0 aromatic rings. The molecule has 0 aromatic carbocycles. The molecule has 0 aliphatic heterocycles. The second kappa shape index (κ2) is 10.6. The first kappa shape index (κ1) is 16.5. The Kier molecular flexibility index (Phi) is 10.3. The van der Waals surface area contributed by atoms with E-state index in [1.807, 2.05) is 6.92 Å². The lowest BCUT2D eigenvalue weighted by Crippen LogP contribution is -2.38. The van der Waals surface area contributed by atoms with Crippen molar-refractivity contribution in [2.45, 2.75) is 53.4 Å². The molecule has 17 heavy (non-hydrogen) atoms. The molecule has 0 bridgehead atoms. The first-order chi connectivity index (χ1) is 8.12. The van der Waals surface area contributed by atoms with Gasteiger partial charge in [-0.2, -0.15) is 0 Å². The van der Waals surface area contributed by atoms with Gasteiger partial charge in [-0.15, -0.1) is 11.8 Å². The summed E-state index contributed by atoms with van der Waals surface area (Å²) in [5, 5.41) is 7.01. The van der Waals surface area contributed by atoms with Crippen molar-refractivity contribution in [1.82, 2.24) is 10.6 Å². The van der Waals surface area contributed by atoms with Crippen molar-refractivity contribution in [3.63, 3.8) is 0 Å². The normalized spacial score (nSPS) is 11.1. The van der Waals surface area contributed by atoms with Crippen molar-refractivity contribution in [3.05, 3.63) is 0 Å². The molecule has 0 heterocycles. The van der Waals surface area contributed by atoms with E-state index in [0.717, 1.165) is 32.6 Å². The van der Waals surface area contributed by atoms with Crippen LogP contribution in [0, 0.1) is 17.3 Å². The second-order valence-electron chi connectivity index (χ2n) is 5.40. The van der Waals surface area contributed by atoms with E-state index in [0.29, 0.717) is 5.41 Å². The lowest BCUT2D eigenvalue weighted by molar-refractivity contribution is 0.321. The van der Waals surface area contributed by atoms with Crippen molar-refractivity contribution in [3.8, 4) is 11.8 Å². The maximum atomic E-state index is 3.54. The van der Waals surface area contributed by atoms with Gasteiger partial charge in [0, 0.05) is 26.1 Å². The molecule has 0 fully saturated rings. The highest BCUT2D eigenvalue weighted by molar-refractivity contribution is 4.95. The van der Waals surface area contributed by atoms with Crippen LogP contribution in [0.1, 0.15) is 53.4 Å². The summed E-state index contributed by atoms with van der Waals surface area (Å²) in [7, 11) is 0. The Morgan fingerprint density at radius 3 is 2.24 bits per heavy atom. The fourth-order valence-corrected chi connectivity index (χ4v) is 1.69. The molecule has 2 N–H and O–H groups in total. The summed E-state index contributed by atoms with van der Waals surface area (Å²) in [4.78, 5) is 0. The maximum Gasteiger partial charge on any atom is 0.0214 e. The van der Waals surface area contributed by atoms with Crippen molar-refractivity contribution >= 4 is 0 Å². The third-order valence-electron chi connectivity index (χ3n) is 2.77. The molecule has 0 aliphatic carbocycles. The van der Waals surface area contributed by atoms with Gasteiger partial charge in [0.15, 0.2) is 0 Å². The number of hydrogen-bond acceptors (Lipinski definition) is 2. The smallest absolute Gasteiger partial charge is 0.0214 e. The lowest BCUT2D eigenvalue weighted by Gasteiger charge is -2.25. The van der Waals surface area contributed by atoms with E-state index in [4.69, 9.17) is 0 Å². The van der Waals surface area contributed by atoms with Crippen LogP contribution >= 0.6 is 0 Å². The van der Waals surface area contributed by atoms with Crippen LogP contribution in [0.15, 0.2) is 0 Å².